The Balaban J connectivity index is 2.75. The zero-order valence-electron chi connectivity index (χ0n) is 23.3. The van der Waals surface area contributed by atoms with Crippen LogP contribution in [0.2, 0.25) is 0 Å². The average Bonchev–Trinajstić information content (AvgIpc) is 2.91. The van der Waals surface area contributed by atoms with Crippen LogP contribution in [0, 0.1) is 5.92 Å². The van der Waals surface area contributed by atoms with Crippen molar-refractivity contribution in [3.05, 3.63) is 48.3 Å². The van der Waals surface area contributed by atoms with Gasteiger partial charge in [-0.05, 0) is 37.7 Å². The van der Waals surface area contributed by atoms with Gasteiger partial charge in [-0.1, -0.05) is 50.8 Å². The molecule has 13 heteroatoms. The highest BCUT2D eigenvalue weighted by Crippen LogP contribution is 2.03. The highest BCUT2D eigenvalue weighted by molar-refractivity contribution is 6.38. The summed E-state index contributed by atoms with van der Waals surface area (Å²) < 4.78 is 4.94. The van der Waals surface area contributed by atoms with Gasteiger partial charge in [0, 0.05) is 13.1 Å². The molecule has 13 nitrogen and oxygen atoms in total. The molecule has 0 radical (unpaired) electrons. The second kappa shape index (κ2) is 18.2. The molecule has 3 atom stereocenters. The Morgan fingerprint density at radius 3 is 2.20 bits per heavy atom. The summed E-state index contributed by atoms with van der Waals surface area (Å²) in [5.41, 5.74) is 6.47. The van der Waals surface area contributed by atoms with Crippen molar-refractivity contribution >= 4 is 29.6 Å². The molecule has 1 rings (SSSR count). The van der Waals surface area contributed by atoms with Crippen molar-refractivity contribution in [2.45, 2.75) is 58.2 Å². The summed E-state index contributed by atoms with van der Waals surface area (Å²) in [7, 11) is 0. The second-order valence-electron chi connectivity index (χ2n) is 9.61. The Bertz CT molecular complexity index is 1000. The van der Waals surface area contributed by atoms with E-state index < -0.39 is 54.3 Å². The molecule has 0 aliphatic carbocycles. The number of Topliss-reactive ketones (excluding diaryl/α,β-unsaturated/α-hetero) is 1. The van der Waals surface area contributed by atoms with E-state index in [1.807, 2.05) is 44.2 Å². The van der Waals surface area contributed by atoms with Crippen LogP contribution in [0.15, 0.2) is 42.7 Å². The summed E-state index contributed by atoms with van der Waals surface area (Å²) in [6.07, 6.45) is 0.117. The van der Waals surface area contributed by atoms with Crippen molar-refractivity contribution in [3.63, 3.8) is 0 Å². The molecule has 222 valence electrons. The van der Waals surface area contributed by atoms with Crippen LogP contribution in [-0.2, 0) is 30.3 Å². The molecule has 40 heavy (non-hydrogen) atoms. The SMILES string of the molecule is C=C(N)NCCCC(NC(=O)C(C)NC(=O)C(CO)NC(=O)OCC(C)C)C(=O)C(=O)NCCc1ccccc1. The smallest absolute Gasteiger partial charge is 0.407 e. The van der Waals surface area contributed by atoms with Gasteiger partial charge in [-0.15, -0.1) is 0 Å². The van der Waals surface area contributed by atoms with Gasteiger partial charge in [-0.2, -0.15) is 0 Å². The average molecular weight is 563 g/mol. The van der Waals surface area contributed by atoms with Crippen molar-refractivity contribution in [2.24, 2.45) is 11.7 Å². The number of aliphatic hydroxyl groups excluding tert-OH is 1. The van der Waals surface area contributed by atoms with Crippen LogP contribution < -0.4 is 32.3 Å². The Hall–Kier alpha value is -4.13. The first kappa shape index (κ1) is 33.9. The highest BCUT2D eigenvalue weighted by atomic mass is 16.5. The fourth-order valence-corrected chi connectivity index (χ4v) is 3.33. The number of ether oxygens (including phenoxy) is 1. The van der Waals surface area contributed by atoms with Crippen LogP contribution in [0.5, 0.6) is 0 Å². The molecule has 0 aliphatic rings. The predicted molar refractivity (Wildman–Crippen MR) is 148 cm³/mol. The Labute approximate surface area is 234 Å². The number of alkyl carbamates (subject to hydrolysis) is 1. The normalized spacial score (nSPS) is 12.8. The first-order valence-corrected chi connectivity index (χ1v) is 13.1. The van der Waals surface area contributed by atoms with E-state index >= 15 is 0 Å². The molecule has 0 heterocycles. The van der Waals surface area contributed by atoms with Crippen molar-refractivity contribution in [1.29, 1.82) is 0 Å². The molecule has 0 saturated carbocycles. The molecule has 8 N–H and O–H groups in total. The zero-order valence-corrected chi connectivity index (χ0v) is 23.3. The number of aliphatic hydroxyl groups is 1. The van der Waals surface area contributed by atoms with E-state index in [1.54, 1.807) is 0 Å². The first-order chi connectivity index (χ1) is 18.9. The summed E-state index contributed by atoms with van der Waals surface area (Å²) in [4.78, 5) is 62.7. The number of carbonyl (C=O) groups excluding carboxylic acids is 5. The molecular weight excluding hydrogens is 520 g/mol. The summed E-state index contributed by atoms with van der Waals surface area (Å²) in [6, 6.07) is 5.72. The van der Waals surface area contributed by atoms with Crippen LogP contribution in [0.25, 0.3) is 0 Å². The lowest BCUT2D eigenvalue weighted by molar-refractivity contribution is -0.140. The van der Waals surface area contributed by atoms with Gasteiger partial charge in [0.15, 0.2) is 0 Å². The van der Waals surface area contributed by atoms with Gasteiger partial charge in [0.05, 0.1) is 25.1 Å². The van der Waals surface area contributed by atoms with Crippen LogP contribution in [0.4, 0.5) is 4.79 Å². The number of nitrogens with one attached hydrogen (secondary N) is 5. The summed E-state index contributed by atoms with van der Waals surface area (Å²) >= 11 is 0. The summed E-state index contributed by atoms with van der Waals surface area (Å²) in [5.74, 6) is -2.95. The van der Waals surface area contributed by atoms with Gasteiger partial charge in [0.2, 0.25) is 17.6 Å². The number of amides is 4. The zero-order chi connectivity index (χ0) is 30.1. The molecule has 0 bridgehead atoms. The van der Waals surface area contributed by atoms with Crippen molar-refractivity contribution in [1.82, 2.24) is 26.6 Å². The van der Waals surface area contributed by atoms with E-state index in [9.17, 15) is 29.1 Å². The Morgan fingerprint density at radius 2 is 1.60 bits per heavy atom. The standard InChI is InChI=1S/C27H42N6O7/c1-17(2)16-40-27(39)33-22(15-34)25(37)31-18(3)24(36)32-21(11-8-13-29-19(4)28)23(35)26(38)30-14-12-20-9-6-5-7-10-20/h5-7,9-10,17-18,21-22,29,34H,4,8,11-16,28H2,1-3H3,(H,30,38)(H,31,37)(H,32,36)(H,33,39). The topological polar surface area (TPSA) is 201 Å². The third kappa shape index (κ3) is 13.6. The molecule has 0 spiro atoms. The van der Waals surface area contributed by atoms with E-state index in [-0.39, 0.29) is 31.3 Å². The van der Waals surface area contributed by atoms with Gasteiger partial charge in [0.25, 0.3) is 5.91 Å². The quantitative estimate of drug-likeness (QED) is 0.0905. The maximum Gasteiger partial charge on any atom is 0.407 e. The minimum atomic E-state index is -1.36. The molecular formula is C27H42N6O7. The second-order valence-corrected chi connectivity index (χ2v) is 9.61. The van der Waals surface area contributed by atoms with Gasteiger partial charge >= 0.3 is 6.09 Å². The summed E-state index contributed by atoms with van der Waals surface area (Å²) in [5, 5.41) is 22.0. The van der Waals surface area contributed by atoms with Crippen molar-refractivity contribution in [3.8, 4) is 0 Å². The van der Waals surface area contributed by atoms with Gasteiger partial charge in [-0.3, -0.25) is 19.2 Å². The third-order valence-electron chi connectivity index (χ3n) is 5.51. The lowest BCUT2D eigenvalue weighted by Crippen LogP contribution is -2.56. The van der Waals surface area contributed by atoms with E-state index in [2.05, 4.69) is 33.2 Å². The number of benzene rings is 1. The van der Waals surface area contributed by atoms with Crippen LogP contribution >= 0.6 is 0 Å². The fourth-order valence-electron chi connectivity index (χ4n) is 3.33. The maximum absolute atomic E-state index is 12.9. The van der Waals surface area contributed by atoms with Gasteiger partial charge in [-0.25, -0.2) is 4.79 Å². The minimum Gasteiger partial charge on any atom is -0.449 e. The molecule has 0 fully saturated rings. The van der Waals surface area contributed by atoms with Crippen LogP contribution in [0.3, 0.4) is 0 Å². The van der Waals surface area contributed by atoms with E-state index in [0.29, 0.717) is 19.4 Å². The van der Waals surface area contributed by atoms with E-state index in [4.69, 9.17) is 10.5 Å². The molecule has 4 amide bonds. The van der Waals surface area contributed by atoms with Gasteiger partial charge in [0.1, 0.15) is 12.1 Å². The highest BCUT2D eigenvalue weighted by Gasteiger charge is 2.30. The largest absolute Gasteiger partial charge is 0.449 e. The Morgan fingerprint density at radius 1 is 0.925 bits per heavy atom. The molecule has 0 aliphatic heterocycles. The third-order valence-corrected chi connectivity index (χ3v) is 5.51. The first-order valence-electron chi connectivity index (χ1n) is 13.1. The number of rotatable bonds is 18. The lowest BCUT2D eigenvalue weighted by Gasteiger charge is -2.22. The number of ketones is 1. The van der Waals surface area contributed by atoms with Crippen LogP contribution in [-0.4, -0.2) is 79.1 Å². The van der Waals surface area contributed by atoms with E-state index in [1.165, 1.54) is 6.92 Å². The number of nitrogens with two attached hydrogens (primary N) is 1. The van der Waals surface area contributed by atoms with Crippen molar-refractivity contribution < 1.29 is 33.8 Å². The van der Waals surface area contributed by atoms with E-state index in [0.717, 1.165) is 5.56 Å². The number of hydrogen-bond acceptors (Lipinski definition) is 9. The lowest BCUT2D eigenvalue weighted by atomic mass is 10.0. The Kier molecular flexibility index (Phi) is 15.4. The molecule has 1 aromatic carbocycles. The molecule has 1 aromatic rings. The molecule has 0 aromatic heterocycles. The minimum absolute atomic E-state index is 0.0716. The van der Waals surface area contributed by atoms with Gasteiger partial charge < -0.3 is 42.2 Å². The monoisotopic (exact) mass is 562 g/mol. The molecule has 3 unspecified atom stereocenters. The number of carbonyl (C=O) groups is 5. The number of hydrogen-bond donors (Lipinski definition) is 7. The molecule has 0 saturated heterocycles. The van der Waals surface area contributed by atoms with Crippen molar-refractivity contribution in [2.75, 3.05) is 26.3 Å². The maximum atomic E-state index is 12.9. The predicted octanol–water partition coefficient (Wildman–Crippen LogP) is -0.553. The summed E-state index contributed by atoms with van der Waals surface area (Å²) in [6.45, 7) is 8.52. The fraction of sp³-hybridized carbons (Fsp3) is 0.519. The van der Waals surface area contributed by atoms with Crippen LogP contribution in [0.1, 0.15) is 39.2 Å².